The second-order valence-corrected chi connectivity index (χ2v) is 16.7. The van der Waals surface area contributed by atoms with Gasteiger partial charge in [0.15, 0.2) is 0 Å². The van der Waals surface area contributed by atoms with Gasteiger partial charge in [-0.15, -0.1) is 0 Å². The maximum Gasteiger partial charge on any atom is 0.508 e. The number of hydrogen-bond donors (Lipinski definition) is 1. The van der Waals surface area contributed by atoms with Crippen LogP contribution in [0.15, 0.2) is 0 Å². The Morgan fingerprint density at radius 3 is 1.60 bits per heavy atom. The summed E-state index contributed by atoms with van der Waals surface area (Å²) in [4.78, 5) is 27.0. The van der Waals surface area contributed by atoms with Crippen LogP contribution in [0.3, 0.4) is 0 Å². The number of esters is 1. The molecule has 1 aliphatic carbocycles. The predicted octanol–water partition coefficient (Wildman–Crippen LogP) is 13.1. The quantitative estimate of drug-likeness (QED) is 0.0492. The predicted molar refractivity (Wildman–Crippen MR) is 222 cm³/mol. The van der Waals surface area contributed by atoms with Gasteiger partial charge in [0, 0.05) is 18.4 Å². The highest BCUT2D eigenvalue weighted by Gasteiger charge is 2.43. The van der Waals surface area contributed by atoms with Crippen molar-refractivity contribution in [3.63, 3.8) is 0 Å². The van der Waals surface area contributed by atoms with E-state index in [9.17, 15) is 14.7 Å². The molecule has 0 spiro atoms. The fourth-order valence-corrected chi connectivity index (χ4v) is 7.58. The third kappa shape index (κ3) is 31.6. The zero-order valence-corrected chi connectivity index (χ0v) is 35.6. The fraction of sp³-hybridized carbons (Fsp3) is 0.957. The summed E-state index contributed by atoms with van der Waals surface area (Å²) in [5.74, 6) is 0.452. The van der Waals surface area contributed by atoms with Crippen molar-refractivity contribution in [2.45, 2.75) is 226 Å². The monoisotopic (exact) mass is 752 g/mol. The highest BCUT2D eigenvalue weighted by molar-refractivity contribution is 5.69. The van der Waals surface area contributed by atoms with Crippen molar-refractivity contribution in [3.8, 4) is 0 Å². The standard InChI is InChI=1S/C46H89NO6/c1-4-7-10-13-16-19-25-32-44(49)53-42-46(34-35-46)33-26-22-28-37-47(38-39-48)36-27-20-21-29-40-51-45(50)52-41-43(30-23-17-14-11-8-5-2)31-24-18-15-12-9-6-3/h43,48H,4-42H2,1-3H3. The van der Waals surface area contributed by atoms with E-state index in [4.69, 9.17) is 14.2 Å². The highest BCUT2D eigenvalue weighted by atomic mass is 16.7. The van der Waals surface area contributed by atoms with E-state index >= 15 is 0 Å². The Kier molecular flexibility index (Phi) is 34.0. The van der Waals surface area contributed by atoms with E-state index < -0.39 is 6.16 Å². The molecule has 53 heavy (non-hydrogen) atoms. The Morgan fingerprint density at radius 1 is 0.566 bits per heavy atom. The number of hydrogen-bond acceptors (Lipinski definition) is 7. The molecule has 1 rings (SSSR count). The van der Waals surface area contributed by atoms with Crippen LogP contribution in [-0.2, 0) is 19.0 Å². The minimum Gasteiger partial charge on any atom is -0.465 e. The molecule has 1 fully saturated rings. The number of aliphatic hydroxyl groups excluding tert-OH is 1. The molecule has 0 amide bonds. The largest absolute Gasteiger partial charge is 0.508 e. The van der Waals surface area contributed by atoms with Gasteiger partial charge >= 0.3 is 12.1 Å². The van der Waals surface area contributed by atoms with Crippen molar-refractivity contribution in [2.75, 3.05) is 46.1 Å². The molecule has 0 unspecified atom stereocenters. The van der Waals surface area contributed by atoms with Gasteiger partial charge in [0.2, 0.25) is 0 Å². The molecule has 0 radical (unpaired) electrons. The first-order valence-corrected chi connectivity index (χ1v) is 23.3. The summed E-state index contributed by atoms with van der Waals surface area (Å²) >= 11 is 0. The summed E-state index contributed by atoms with van der Waals surface area (Å²) in [5, 5.41) is 9.59. The summed E-state index contributed by atoms with van der Waals surface area (Å²) in [5.41, 5.74) is 0.254. The van der Waals surface area contributed by atoms with E-state index in [0.29, 0.717) is 32.2 Å². The van der Waals surface area contributed by atoms with Gasteiger partial charge in [-0.05, 0) is 76.8 Å². The average molecular weight is 752 g/mol. The van der Waals surface area contributed by atoms with Crippen LogP contribution in [0.5, 0.6) is 0 Å². The molecule has 0 bridgehead atoms. The van der Waals surface area contributed by atoms with Gasteiger partial charge in [-0.25, -0.2) is 4.79 Å². The van der Waals surface area contributed by atoms with Crippen molar-refractivity contribution in [1.82, 2.24) is 4.90 Å². The SMILES string of the molecule is CCCCCCCCCC(=O)OCC1(CCCCCN(CCO)CCCCCCOC(=O)OCC(CCCCCCCC)CCCCCCCC)CC1. The zero-order valence-electron chi connectivity index (χ0n) is 35.6. The summed E-state index contributed by atoms with van der Waals surface area (Å²) in [6.45, 7) is 11.3. The summed E-state index contributed by atoms with van der Waals surface area (Å²) in [7, 11) is 0. The molecule has 7 heteroatoms. The molecule has 0 aromatic heterocycles. The lowest BCUT2D eigenvalue weighted by atomic mass is 9.95. The number of carbonyl (C=O) groups is 2. The van der Waals surface area contributed by atoms with Crippen molar-refractivity contribution >= 4 is 12.1 Å². The van der Waals surface area contributed by atoms with Gasteiger partial charge in [0.05, 0.1) is 26.4 Å². The summed E-state index contributed by atoms with van der Waals surface area (Å²) < 4.78 is 16.7. The maximum atomic E-state index is 12.3. The van der Waals surface area contributed by atoms with Gasteiger partial charge in [0.25, 0.3) is 0 Å². The zero-order chi connectivity index (χ0) is 38.5. The minimum absolute atomic E-state index is 0.00381. The topological polar surface area (TPSA) is 85.3 Å². The normalized spacial score (nSPS) is 13.5. The van der Waals surface area contributed by atoms with Crippen molar-refractivity contribution in [1.29, 1.82) is 0 Å². The molecule has 0 saturated heterocycles. The molecule has 0 heterocycles. The molecule has 1 saturated carbocycles. The van der Waals surface area contributed by atoms with E-state index in [1.807, 2.05) is 0 Å². The lowest BCUT2D eigenvalue weighted by molar-refractivity contribution is -0.145. The molecule has 0 aromatic carbocycles. The van der Waals surface area contributed by atoms with Crippen molar-refractivity contribution < 1.29 is 28.9 Å². The number of nitrogens with zero attached hydrogens (tertiary/aromatic N) is 1. The Morgan fingerprint density at radius 2 is 1.06 bits per heavy atom. The van der Waals surface area contributed by atoms with Crippen LogP contribution < -0.4 is 0 Å². The van der Waals surface area contributed by atoms with E-state index in [1.54, 1.807) is 0 Å². The first-order chi connectivity index (χ1) is 26.0. The van der Waals surface area contributed by atoms with E-state index in [-0.39, 0.29) is 18.0 Å². The number of unbranched alkanes of at least 4 members (excludes halogenated alkanes) is 21. The first-order valence-electron chi connectivity index (χ1n) is 23.3. The van der Waals surface area contributed by atoms with Crippen LogP contribution in [0.2, 0.25) is 0 Å². The van der Waals surface area contributed by atoms with E-state index in [2.05, 4.69) is 25.7 Å². The molecule has 0 aromatic rings. The van der Waals surface area contributed by atoms with Gasteiger partial charge in [-0.2, -0.15) is 0 Å². The number of rotatable bonds is 41. The van der Waals surface area contributed by atoms with Crippen LogP contribution in [0, 0.1) is 11.3 Å². The van der Waals surface area contributed by atoms with Gasteiger partial charge in [-0.3, -0.25) is 4.79 Å². The maximum absolute atomic E-state index is 12.3. The smallest absolute Gasteiger partial charge is 0.465 e. The number of carbonyl (C=O) groups excluding carboxylic acids is 2. The summed E-state index contributed by atoms with van der Waals surface area (Å²) in [6.07, 6.45) is 37.7. The van der Waals surface area contributed by atoms with Crippen LogP contribution in [0.25, 0.3) is 0 Å². The van der Waals surface area contributed by atoms with Crippen LogP contribution in [0.1, 0.15) is 226 Å². The fourth-order valence-electron chi connectivity index (χ4n) is 7.58. The van der Waals surface area contributed by atoms with Crippen LogP contribution >= 0.6 is 0 Å². The Bertz CT molecular complexity index is 802. The van der Waals surface area contributed by atoms with E-state index in [0.717, 1.165) is 83.8 Å². The second-order valence-electron chi connectivity index (χ2n) is 16.7. The second kappa shape index (κ2) is 36.3. The highest BCUT2D eigenvalue weighted by Crippen LogP contribution is 2.50. The van der Waals surface area contributed by atoms with Crippen molar-refractivity contribution in [2.24, 2.45) is 11.3 Å². The Balaban J connectivity index is 2.11. The molecule has 314 valence electrons. The number of ether oxygens (including phenoxy) is 3. The molecular weight excluding hydrogens is 663 g/mol. The molecular formula is C46H89NO6. The first kappa shape index (κ1) is 49.7. The van der Waals surface area contributed by atoms with Crippen LogP contribution in [-0.4, -0.2) is 68.2 Å². The Labute approximate surface area is 328 Å². The Hall–Kier alpha value is -1.34. The van der Waals surface area contributed by atoms with Crippen LogP contribution in [0.4, 0.5) is 4.79 Å². The molecule has 0 aliphatic heterocycles. The molecule has 1 aliphatic rings. The summed E-state index contributed by atoms with van der Waals surface area (Å²) in [6, 6.07) is 0. The molecule has 0 atom stereocenters. The van der Waals surface area contributed by atoms with E-state index in [1.165, 1.54) is 135 Å². The number of aliphatic hydroxyl groups is 1. The average Bonchev–Trinajstić information content (AvgIpc) is 3.94. The van der Waals surface area contributed by atoms with Gasteiger partial charge in [0.1, 0.15) is 0 Å². The molecule has 7 nitrogen and oxygen atoms in total. The third-order valence-electron chi connectivity index (χ3n) is 11.5. The molecule has 1 N–H and O–H groups in total. The van der Waals surface area contributed by atoms with Crippen molar-refractivity contribution in [3.05, 3.63) is 0 Å². The van der Waals surface area contributed by atoms with Gasteiger partial charge < -0.3 is 24.2 Å². The lowest BCUT2D eigenvalue weighted by Crippen LogP contribution is -2.29. The third-order valence-corrected chi connectivity index (χ3v) is 11.5. The minimum atomic E-state index is -0.498. The lowest BCUT2D eigenvalue weighted by Gasteiger charge is -2.21. The van der Waals surface area contributed by atoms with Gasteiger partial charge in [-0.1, -0.05) is 162 Å².